The van der Waals surface area contributed by atoms with Gasteiger partial charge in [-0.2, -0.15) is 0 Å². The van der Waals surface area contributed by atoms with Gasteiger partial charge in [0.2, 0.25) is 5.60 Å². The highest BCUT2D eigenvalue weighted by molar-refractivity contribution is 8.14. The van der Waals surface area contributed by atoms with E-state index < -0.39 is 46.5 Å². The first-order valence-corrected chi connectivity index (χ1v) is 15.9. The SMILES string of the molecule is CC(C)(ON=C(C(=O)NC1C(=O)N2C(C(=O)O)=C(CSC3=NC(=N)CC(N)N3C3CC3)CS[C@@H]12)c1csc(N)n1)C(=O)O. The lowest BCUT2D eigenvalue weighted by molar-refractivity contribution is -0.161. The number of nitrogens with one attached hydrogen (secondary N) is 2. The average Bonchev–Trinajstić information content (AvgIpc) is 3.68. The molecule has 230 valence electrons. The minimum Gasteiger partial charge on any atom is -0.478 e. The Morgan fingerprint density at radius 3 is 2.65 bits per heavy atom. The monoisotopic (exact) mass is 651 g/mol. The zero-order chi connectivity index (χ0) is 31.2. The first-order chi connectivity index (χ1) is 20.3. The number of thioether (sulfide) groups is 2. The highest BCUT2D eigenvalue weighted by Gasteiger charge is 2.54. The van der Waals surface area contributed by atoms with E-state index in [0.29, 0.717) is 17.2 Å². The van der Waals surface area contributed by atoms with Crippen LogP contribution in [0.5, 0.6) is 0 Å². The zero-order valence-electron chi connectivity index (χ0n) is 23.0. The number of β-lactam (4-membered cyclic amide) rings is 1. The van der Waals surface area contributed by atoms with Crippen molar-refractivity contribution in [3.8, 4) is 0 Å². The molecule has 3 aliphatic heterocycles. The number of rotatable bonds is 10. The van der Waals surface area contributed by atoms with Crippen molar-refractivity contribution in [2.75, 3.05) is 17.2 Å². The molecule has 2 fully saturated rings. The van der Waals surface area contributed by atoms with Gasteiger partial charge in [0, 0.05) is 29.3 Å². The van der Waals surface area contributed by atoms with Crippen molar-refractivity contribution in [2.24, 2.45) is 15.9 Å². The fourth-order valence-corrected chi connectivity index (χ4v) is 7.67. The molecule has 4 aliphatic rings. The number of nitrogens with two attached hydrogens (primary N) is 2. The van der Waals surface area contributed by atoms with E-state index in [1.54, 1.807) is 0 Å². The number of carbonyl (C=O) groups excluding carboxylic acids is 2. The minimum atomic E-state index is -1.77. The number of hydrogen-bond acceptors (Lipinski definition) is 14. The Hall–Kier alpha value is -3.68. The molecule has 1 aromatic rings. The van der Waals surface area contributed by atoms with E-state index >= 15 is 0 Å². The number of aromatic nitrogens is 1. The van der Waals surface area contributed by atoms with Crippen LogP contribution in [0.15, 0.2) is 26.8 Å². The van der Waals surface area contributed by atoms with Gasteiger partial charge in [0.25, 0.3) is 11.8 Å². The van der Waals surface area contributed by atoms with E-state index in [4.69, 9.17) is 21.7 Å². The van der Waals surface area contributed by atoms with Gasteiger partial charge in [0.1, 0.15) is 28.6 Å². The molecule has 43 heavy (non-hydrogen) atoms. The maximum atomic E-state index is 13.3. The molecule has 1 aromatic heterocycles. The third-order valence-corrected chi connectivity index (χ3v) is 9.99. The van der Waals surface area contributed by atoms with Crippen LogP contribution in [0.1, 0.15) is 38.8 Å². The minimum absolute atomic E-state index is 0.0187. The van der Waals surface area contributed by atoms with E-state index in [-0.39, 0.29) is 46.1 Å². The Bertz CT molecular complexity index is 1490. The first-order valence-electron chi connectivity index (χ1n) is 13.0. The maximum absolute atomic E-state index is 13.3. The van der Waals surface area contributed by atoms with Crippen molar-refractivity contribution in [3.63, 3.8) is 0 Å². The number of nitrogens with zero attached hydrogens (tertiary/aromatic N) is 5. The smallest absolute Gasteiger partial charge is 0.352 e. The lowest BCUT2D eigenvalue weighted by Gasteiger charge is -2.49. The molecule has 0 bridgehead atoms. The van der Waals surface area contributed by atoms with Crippen LogP contribution < -0.4 is 16.8 Å². The first kappa shape index (κ1) is 30.8. The lowest BCUT2D eigenvalue weighted by atomic mass is 10.0. The van der Waals surface area contributed by atoms with Crippen LogP contribution >= 0.6 is 34.9 Å². The number of carboxylic acids is 2. The van der Waals surface area contributed by atoms with Crippen LogP contribution in [0, 0.1) is 5.41 Å². The van der Waals surface area contributed by atoms with Gasteiger partial charge in [-0.3, -0.25) is 19.9 Å². The molecule has 19 heteroatoms. The van der Waals surface area contributed by atoms with Gasteiger partial charge >= 0.3 is 11.9 Å². The number of fused-ring (bicyclic) bond motifs is 1. The molecule has 0 spiro atoms. The summed E-state index contributed by atoms with van der Waals surface area (Å²) >= 11 is 3.60. The molecule has 3 atom stereocenters. The van der Waals surface area contributed by atoms with Gasteiger partial charge in [0.15, 0.2) is 16.0 Å². The Balaban J connectivity index is 1.32. The summed E-state index contributed by atoms with van der Waals surface area (Å²) < 4.78 is 0. The summed E-state index contributed by atoms with van der Waals surface area (Å²) in [6.07, 6.45) is 1.92. The van der Waals surface area contributed by atoms with Gasteiger partial charge < -0.3 is 36.7 Å². The molecule has 2 unspecified atom stereocenters. The van der Waals surface area contributed by atoms with E-state index in [1.807, 2.05) is 4.90 Å². The summed E-state index contributed by atoms with van der Waals surface area (Å²) in [4.78, 5) is 66.9. The normalized spacial score (nSPS) is 24.3. The van der Waals surface area contributed by atoms with Gasteiger partial charge in [-0.05, 0) is 32.3 Å². The fraction of sp³-hybridized carbons (Fsp3) is 0.500. The Morgan fingerprint density at radius 2 is 2.05 bits per heavy atom. The van der Waals surface area contributed by atoms with E-state index in [0.717, 1.165) is 29.1 Å². The highest BCUT2D eigenvalue weighted by atomic mass is 32.2. The zero-order valence-corrected chi connectivity index (χ0v) is 25.4. The number of thiazole rings is 1. The second kappa shape index (κ2) is 11.8. The Morgan fingerprint density at radius 1 is 1.33 bits per heavy atom. The third-order valence-electron chi connectivity index (χ3n) is 6.92. The molecule has 1 saturated carbocycles. The van der Waals surface area contributed by atoms with E-state index in [9.17, 15) is 29.4 Å². The molecule has 16 nitrogen and oxygen atoms in total. The average molecular weight is 652 g/mol. The largest absolute Gasteiger partial charge is 0.478 e. The number of amidine groups is 2. The summed E-state index contributed by atoms with van der Waals surface area (Å²) in [6.45, 7) is 2.49. The molecule has 0 radical (unpaired) electrons. The maximum Gasteiger partial charge on any atom is 0.352 e. The van der Waals surface area contributed by atoms with Gasteiger partial charge in [-0.25, -0.2) is 19.6 Å². The van der Waals surface area contributed by atoms with Gasteiger partial charge in [-0.15, -0.1) is 23.1 Å². The van der Waals surface area contributed by atoms with Crippen LogP contribution in [0.25, 0.3) is 0 Å². The number of amides is 2. The summed E-state index contributed by atoms with van der Waals surface area (Å²) in [5, 5.41) is 35.1. The number of hydrogen-bond donors (Lipinski definition) is 6. The van der Waals surface area contributed by atoms with Gasteiger partial charge in [-0.1, -0.05) is 16.9 Å². The molecule has 1 saturated heterocycles. The van der Waals surface area contributed by atoms with Crippen LogP contribution in [0.4, 0.5) is 5.13 Å². The quantitative estimate of drug-likeness (QED) is 0.113. The lowest BCUT2D eigenvalue weighted by Crippen LogP contribution is -2.71. The number of carboxylic acid groups (broad SMARTS) is 2. The second-order valence-corrected chi connectivity index (χ2v) is 13.5. The number of nitrogen functional groups attached to an aromatic ring is 1. The molecular weight excluding hydrogens is 623 g/mol. The summed E-state index contributed by atoms with van der Waals surface area (Å²) in [6, 6.07) is -0.829. The van der Waals surface area contributed by atoms with Gasteiger partial charge in [0.05, 0.1) is 6.17 Å². The Kier molecular flexibility index (Phi) is 8.43. The van der Waals surface area contributed by atoms with E-state index in [1.165, 1.54) is 42.8 Å². The molecular formula is C24H29N9O7S3. The van der Waals surface area contributed by atoms with Crippen molar-refractivity contribution in [3.05, 3.63) is 22.3 Å². The highest BCUT2D eigenvalue weighted by Crippen LogP contribution is 2.42. The van der Waals surface area contributed by atoms with Crippen LogP contribution in [-0.4, -0.2) is 106 Å². The van der Waals surface area contributed by atoms with Crippen LogP contribution in [0.3, 0.4) is 0 Å². The van der Waals surface area contributed by atoms with E-state index in [2.05, 4.69) is 20.4 Å². The molecule has 0 aromatic carbocycles. The number of anilines is 1. The second-order valence-electron chi connectivity index (χ2n) is 10.6. The summed E-state index contributed by atoms with van der Waals surface area (Å²) in [5.41, 5.74) is 10.2. The topological polar surface area (TPSA) is 250 Å². The Labute approximate surface area is 257 Å². The number of oxime groups is 1. The van der Waals surface area contributed by atoms with Crippen molar-refractivity contribution < 1.29 is 34.2 Å². The number of carbonyl (C=O) groups is 4. The van der Waals surface area contributed by atoms with Crippen molar-refractivity contribution in [1.82, 2.24) is 20.1 Å². The molecule has 5 rings (SSSR count). The molecule has 8 N–H and O–H groups in total. The summed E-state index contributed by atoms with van der Waals surface area (Å²) in [7, 11) is 0. The fourth-order valence-electron chi connectivity index (χ4n) is 4.50. The molecule has 2 amide bonds. The predicted molar refractivity (Wildman–Crippen MR) is 161 cm³/mol. The standard InChI is InChI=1S/C24H29N9O7S3/c1-24(2,21(38)39)40-31-14(11-8-42-22(27)28-11)17(34)30-15-18(35)33-16(20(36)37)9(6-41-19(15)33)7-43-23-29-12(25)5-13(26)32(23)10-3-4-10/h8,10,13,15,19,25H,3-7,26H2,1-2H3,(H2,27,28)(H,30,34)(H,36,37)(H,38,39)/t13?,15?,19-/m0/s1. The van der Waals surface area contributed by atoms with Crippen molar-refractivity contribution in [2.45, 2.75) is 62.3 Å². The van der Waals surface area contributed by atoms with Crippen molar-refractivity contribution in [1.29, 1.82) is 5.41 Å². The van der Waals surface area contributed by atoms with Crippen molar-refractivity contribution >= 4 is 80.5 Å². The van der Waals surface area contributed by atoms with Crippen LogP contribution in [0.2, 0.25) is 0 Å². The number of aliphatic carboxylic acids is 2. The number of aliphatic imine (C=N–C) groups is 1. The predicted octanol–water partition coefficient (Wildman–Crippen LogP) is 0.267. The van der Waals surface area contributed by atoms with Crippen LogP contribution in [-0.2, 0) is 24.0 Å². The third kappa shape index (κ3) is 6.20. The molecule has 1 aliphatic carbocycles. The summed E-state index contributed by atoms with van der Waals surface area (Å²) in [5.74, 6) is -3.45. The molecule has 4 heterocycles.